The van der Waals surface area contributed by atoms with Crippen molar-refractivity contribution in [1.82, 2.24) is 5.32 Å². The van der Waals surface area contributed by atoms with Crippen LogP contribution >= 0.6 is 0 Å². The first-order valence-corrected chi connectivity index (χ1v) is 7.29. The van der Waals surface area contributed by atoms with Crippen LogP contribution in [0.15, 0.2) is 18.2 Å². The molecule has 106 valence electrons. The van der Waals surface area contributed by atoms with Gasteiger partial charge in [-0.3, -0.25) is 0 Å². The van der Waals surface area contributed by atoms with Crippen molar-refractivity contribution >= 4 is 0 Å². The third kappa shape index (κ3) is 4.22. The number of aryl methyl sites for hydroxylation is 1. The van der Waals surface area contributed by atoms with Crippen LogP contribution in [0.4, 0.5) is 0 Å². The summed E-state index contributed by atoms with van der Waals surface area (Å²) >= 11 is 0. The zero-order valence-corrected chi connectivity index (χ0v) is 12.0. The van der Waals surface area contributed by atoms with E-state index in [2.05, 4.69) is 19.2 Å². The molecule has 1 aromatic rings. The first-order valence-electron chi connectivity index (χ1n) is 7.29. The highest BCUT2D eigenvalue weighted by Gasteiger charge is 2.21. The monoisotopic (exact) mass is 263 g/mol. The highest BCUT2D eigenvalue weighted by atomic mass is 16.5. The molecule has 0 aliphatic heterocycles. The fourth-order valence-corrected chi connectivity index (χ4v) is 2.59. The number of phenols is 1. The minimum Gasteiger partial charge on any atom is -0.508 e. The van der Waals surface area contributed by atoms with Gasteiger partial charge in [-0.2, -0.15) is 0 Å². The van der Waals surface area contributed by atoms with Gasteiger partial charge < -0.3 is 15.2 Å². The van der Waals surface area contributed by atoms with Gasteiger partial charge in [0.15, 0.2) is 0 Å². The van der Waals surface area contributed by atoms with Crippen LogP contribution in [0.25, 0.3) is 0 Å². The third-order valence-electron chi connectivity index (χ3n) is 3.51. The first-order chi connectivity index (χ1) is 9.16. The number of hydrogen-bond acceptors (Lipinski definition) is 3. The Morgan fingerprint density at radius 3 is 3.05 bits per heavy atom. The summed E-state index contributed by atoms with van der Waals surface area (Å²) in [7, 11) is 0. The van der Waals surface area contributed by atoms with E-state index in [0.717, 1.165) is 39.0 Å². The molecule has 1 aliphatic carbocycles. The molecule has 0 fully saturated rings. The molecule has 19 heavy (non-hydrogen) atoms. The van der Waals surface area contributed by atoms with Crippen molar-refractivity contribution < 1.29 is 9.84 Å². The van der Waals surface area contributed by atoms with Crippen molar-refractivity contribution in [1.29, 1.82) is 0 Å². The lowest BCUT2D eigenvalue weighted by molar-refractivity contribution is 0.107. The van der Waals surface area contributed by atoms with Gasteiger partial charge in [0.1, 0.15) is 5.75 Å². The van der Waals surface area contributed by atoms with Gasteiger partial charge in [0.2, 0.25) is 0 Å². The van der Waals surface area contributed by atoms with Gasteiger partial charge in [-0.1, -0.05) is 19.9 Å². The summed E-state index contributed by atoms with van der Waals surface area (Å²) in [6, 6.07) is 6.17. The molecule has 1 atom stereocenters. The summed E-state index contributed by atoms with van der Waals surface area (Å²) in [6.07, 6.45) is 3.24. The molecule has 1 aromatic carbocycles. The topological polar surface area (TPSA) is 41.5 Å². The molecule has 0 aromatic heterocycles. The Morgan fingerprint density at radius 2 is 2.26 bits per heavy atom. The highest BCUT2D eigenvalue weighted by Crippen LogP contribution is 2.33. The van der Waals surface area contributed by atoms with Crippen molar-refractivity contribution in [3.8, 4) is 5.75 Å². The average molecular weight is 263 g/mol. The number of fused-ring (bicyclic) bond motifs is 1. The lowest BCUT2D eigenvalue weighted by atomic mass is 10.1. The van der Waals surface area contributed by atoms with Crippen molar-refractivity contribution in [2.45, 2.75) is 39.2 Å². The Hall–Kier alpha value is -1.06. The summed E-state index contributed by atoms with van der Waals surface area (Å²) in [5.41, 5.74) is 2.63. The fourth-order valence-electron chi connectivity index (χ4n) is 2.59. The van der Waals surface area contributed by atoms with Crippen LogP contribution in [0.3, 0.4) is 0 Å². The second kappa shape index (κ2) is 6.92. The van der Waals surface area contributed by atoms with Gasteiger partial charge in [0.05, 0.1) is 0 Å². The van der Waals surface area contributed by atoms with Crippen molar-refractivity contribution in [2.75, 3.05) is 19.8 Å². The third-order valence-corrected chi connectivity index (χ3v) is 3.51. The second-order valence-corrected chi connectivity index (χ2v) is 5.75. The number of rotatable bonds is 7. The van der Waals surface area contributed by atoms with E-state index in [1.54, 1.807) is 6.07 Å². The van der Waals surface area contributed by atoms with Gasteiger partial charge in [-0.05, 0) is 55.0 Å². The molecule has 1 unspecified atom stereocenters. The molecule has 0 spiro atoms. The van der Waals surface area contributed by atoms with Gasteiger partial charge in [-0.25, -0.2) is 0 Å². The predicted molar refractivity (Wildman–Crippen MR) is 77.4 cm³/mol. The fraction of sp³-hybridized carbons (Fsp3) is 0.625. The van der Waals surface area contributed by atoms with Crippen LogP contribution in [0.2, 0.25) is 0 Å². The summed E-state index contributed by atoms with van der Waals surface area (Å²) in [4.78, 5) is 0. The summed E-state index contributed by atoms with van der Waals surface area (Å²) in [5, 5.41) is 13.0. The number of aromatic hydroxyl groups is 1. The lowest BCUT2D eigenvalue weighted by Crippen LogP contribution is -2.21. The van der Waals surface area contributed by atoms with Crippen LogP contribution in [-0.2, 0) is 11.2 Å². The first kappa shape index (κ1) is 14.4. The Morgan fingerprint density at radius 1 is 1.42 bits per heavy atom. The van der Waals surface area contributed by atoms with Gasteiger partial charge in [0, 0.05) is 19.3 Å². The van der Waals surface area contributed by atoms with E-state index >= 15 is 0 Å². The number of phenolic OH excluding ortho intramolecular Hbond substituents is 1. The Balaban J connectivity index is 1.69. The van der Waals surface area contributed by atoms with E-state index in [4.69, 9.17) is 4.74 Å². The normalized spacial score (nSPS) is 17.9. The maximum Gasteiger partial charge on any atom is 0.115 e. The zero-order chi connectivity index (χ0) is 13.7. The molecule has 0 bridgehead atoms. The SMILES string of the molecule is CC(C)COCCCNC1CCc2cc(O)ccc21. The molecule has 1 aliphatic rings. The predicted octanol–water partition coefficient (Wildman–Crippen LogP) is 3.03. The maximum absolute atomic E-state index is 9.46. The molecule has 2 N–H and O–H groups in total. The smallest absolute Gasteiger partial charge is 0.115 e. The van der Waals surface area contributed by atoms with E-state index in [0.29, 0.717) is 17.7 Å². The van der Waals surface area contributed by atoms with Crippen molar-refractivity contribution in [3.63, 3.8) is 0 Å². The molecule has 0 amide bonds. The Kier molecular flexibility index (Phi) is 5.23. The van der Waals surface area contributed by atoms with Crippen LogP contribution < -0.4 is 5.32 Å². The highest BCUT2D eigenvalue weighted by molar-refractivity contribution is 5.39. The minimum absolute atomic E-state index is 0.376. The van der Waals surface area contributed by atoms with E-state index in [1.807, 2.05) is 12.1 Å². The summed E-state index contributed by atoms with van der Waals surface area (Å²) in [5.74, 6) is 0.990. The van der Waals surface area contributed by atoms with Gasteiger partial charge in [0.25, 0.3) is 0 Å². The molecule has 0 saturated heterocycles. The van der Waals surface area contributed by atoms with Crippen LogP contribution in [-0.4, -0.2) is 24.9 Å². The van der Waals surface area contributed by atoms with Gasteiger partial charge in [-0.15, -0.1) is 0 Å². The number of ether oxygens (including phenoxy) is 1. The van der Waals surface area contributed by atoms with Crippen LogP contribution in [0.5, 0.6) is 5.75 Å². The second-order valence-electron chi connectivity index (χ2n) is 5.75. The zero-order valence-electron chi connectivity index (χ0n) is 12.0. The molecular weight excluding hydrogens is 238 g/mol. The van der Waals surface area contributed by atoms with E-state index in [-0.39, 0.29) is 0 Å². The molecule has 0 saturated carbocycles. The molecule has 3 heteroatoms. The summed E-state index contributed by atoms with van der Waals surface area (Å²) in [6.45, 7) is 7.02. The average Bonchev–Trinajstić information content (AvgIpc) is 2.75. The van der Waals surface area contributed by atoms with Crippen molar-refractivity contribution in [2.24, 2.45) is 5.92 Å². The standard InChI is InChI=1S/C16H25NO2/c1-12(2)11-19-9-3-8-17-16-7-4-13-10-14(18)5-6-15(13)16/h5-6,10,12,16-18H,3-4,7-9,11H2,1-2H3. The maximum atomic E-state index is 9.46. The molecule has 2 rings (SSSR count). The van der Waals surface area contributed by atoms with Gasteiger partial charge >= 0.3 is 0 Å². The number of nitrogens with one attached hydrogen (secondary N) is 1. The Bertz CT molecular complexity index is 404. The van der Waals surface area contributed by atoms with E-state index in [1.165, 1.54) is 11.1 Å². The molecule has 0 radical (unpaired) electrons. The van der Waals surface area contributed by atoms with E-state index < -0.39 is 0 Å². The Labute approximate surface area is 116 Å². The number of hydrogen-bond donors (Lipinski definition) is 2. The van der Waals surface area contributed by atoms with Crippen molar-refractivity contribution in [3.05, 3.63) is 29.3 Å². The largest absolute Gasteiger partial charge is 0.508 e. The quantitative estimate of drug-likeness (QED) is 0.743. The minimum atomic E-state index is 0.376. The molecular formula is C16H25NO2. The molecule has 3 nitrogen and oxygen atoms in total. The van der Waals surface area contributed by atoms with Crippen LogP contribution in [0, 0.1) is 5.92 Å². The molecule has 0 heterocycles. The number of benzene rings is 1. The lowest BCUT2D eigenvalue weighted by Gasteiger charge is -2.14. The summed E-state index contributed by atoms with van der Waals surface area (Å²) < 4.78 is 5.57. The van der Waals surface area contributed by atoms with E-state index in [9.17, 15) is 5.11 Å². The van der Waals surface area contributed by atoms with Crippen LogP contribution in [0.1, 0.15) is 43.9 Å².